The van der Waals surface area contributed by atoms with Crippen LogP contribution < -0.4 is 0 Å². The van der Waals surface area contributed by atoms with E-state index < -0.39 is 12.4 Å². The largest absolute Gasteiger partial charge is 0.462 e. The number of carbonyl (C=O) groups is 1. The van der Waals surface area contributed by atoms with E-state index in [4.69, 9.17) is 10.00 Å². The number of carbonyl (C=O) groups excluding carboxylic acids is 1. The van der Waals surface area contributed by atoms with E-state index in [1.807, 2.05) is 6.07 Å². The van der Waals surface area contributed by atoms with E-state index in [-0.39, 0.29) is 35.3 Å². The van der Waals surface area contributed by atoms with Crippen LogP contribution in [-0.4, -0.2) is 12.6 Å². The molecule has 5 heteroatoms. The molecule has 0 radical (unpaired) electrons. The molecule has 3 nitrogen and oxygen atoms in total. The normalized spacial score (nSPS) is 10.2. The van der Waals surface area contributed by atoms with Gasteiger partial charge in [-0.3, -0.25) is 0 Å². The summed E-state index contributed by atoms with van der Waals surface area (Å²) in [6.07, 6.45) is -2.40. The second-order valence-electron chi connectivity index (χ2n) is 3.54. The van der Waals surface area contributed by atoms with E-state index in [1.54, 1.807) is 13.8 Å². The van der Waals surface area contributed by atoms with E-state index >= 15 is 0 Å². The number of esters is 1. The maximum absolute atomic E-state index is 12.8. The number of halogens is 2. The number of alkyl halides is 2. The highest BCUT2D eigenvalue weighted by atomic mass is 19.3. The Hall–Kier alpha value is -1.96. The van der Waals surface area contributed by atoms with Crippen LogP contribution in [0.15, 0.2) is 12.1 Å². The number of ether oxygens (including phenoxy) is 1. The molecule has 0 aliphatic heterocycles. The molecule has 0 amide bonds. The molecule has 0 aromatic heterocycles. The number of hydrogen-bond acceptors (Lipinski definition) is 3. The summed E-state index contributed by atoms with van der Waals surface area (Å²) in [6, 6.07) is 4.21. The van der Waals surface area contributed by atoms with E-state index in [9.17, 15) is 13.6 Å². The molecule has 0 aliphatic carbocycles. The molecule has 96 valence electrons. The second kappa shape index (κ2) is 6.10. The molecule has 18 heavy (non-hydrogen) atoms. The van der Waals surface area contributed by atoms with Gasteiger partial charge in [0.1, 0.15) is 6.07 Å². The lowest BCUT2D eigenvalue weighted by Gasteiger charge is -2.12. The summed E-state index contributed by atoms with van der Waals surface area (Å²) in [5.41, 5.74) is 0.0227. The predicted octanol–water partition coefficient (Wildman–Crippen LogP) is 3.23. The van der Waals surface area contributed by atoms with Crippen molar-refractivity contribution in [1.82, 2.24) is 0 Å². The molecule has 0 N–H and O–H groups in total. The van der Waals surface area contributed by atoms with Gasteiger partial charge in [-0.25, -0.2) is 13.6 Å². The Labute approximate surface area is 104 Å². The van der Waals surface area contributed by atoms with E-state index in [0.717, 1.165) is 0 Å². The van der Waals surface area contributed by atoms with Crippen molar-refractivity contribution < 1.29 is 18.3 Å². The van der Waals surface area contributed by atoms with Crippen molar-refractivity contribution in [2.45, 2.75) is 26.7 Å². The zero-order chi connectivity index (χ0) is 13.7. The highest BCUT2D eigenvalue weighted by Gasteiger charge is 2.21. The van der Waals surface area contributed by atoms with Crippen molar-refractivity contribution >= 4 is 5.97 Å². The van der Waals surface area contributed by atoms with Crippen LogP contribution in [0.4, 0.5) is 8.78 Å². The van der Waals surface area contributed by atoms with Crippen LogP contribution in [0.1, 0.15) is 47.3 Å². The summed E-state index contributed by atoms with van der Waals surface area (Å²) in [6.45, 7) is 3.47. The molecule has 1 aromatic carbocycles. The number of rotatable bonds is 4. The van der Waals surface area contributed by atoms with Crippen molar-refractivity contribution in [2.24, 2.45) is 0 Å². The molecule has 0 bridgehead atoms. The van der Waals surface area contributed by atoms with Crippen LogP contribution in [0.5, 0.6) is 0 Å². The van der Waals surface area contributed by atoms with Gasteiger partial charge in [-0.05, 0) is 25.0 Å². The first kappa shape index (κ1) is 14.1. The molecule has 0 heterocycles. The van der Waals surface area contributed by atoms with Gasteiger partial charge in [0.2, 0.25) is 0 Å². The lowest BCUT2D eigenvalue weighted by atomic mass is 9.95. The van der Waals surface area contributed by atoms with Crippen LogP contribution in [-0.2, 0) is 11.2 Å². The maximum atomic E-state index is 12.8. The topological polar surface area (TPSA) is 50.1 Å². The molecule has 0 atom stereocenters. The Kier molecular flexibility index (Phi) is 4.78. The Balaban J connectivity index is 3.40. The Morgan fingerprint density at radius 3 is 2.56 bits per heavy atom. The van der Waals surface area contributed by atoms with Crippen molar-refractivity contribution in [1.29, 1.82) is 5.26 Å². The van der Waals surface area contributed by atoms with Crippen molar-refractivity contribution in [3.63, 3.8) is 0 Å². The van der Waals surface area contributed by atoms with Crippen LogP contribution >= 0.6 is 0 Å². The molecule has 1 rings (SSSR count). The van der Waals surface area contributed by atoms with Gasteiger partial charge in [-0.2, -0.15) is 5.26 Å². The first-order valence-electron chi connectivity index (χ1n) is 5.57. The smallest absolute Gasteiger partial charge is 0.339 e. The van der Waals surface area contributed by atoms with E-state index in [2.05, 4.69) is 0 Å². The van der Waals surface area contributed by atoms with Gasteiger partial charge >= 0.3 is 5.97 Å². The SMILES string of the molecule is CCOC(=O)c1ccc(C(F)F)c(CC)c1C#N. The summed E-state index contributed by atoms with van der Waals surface area (Å²) in [5.74, 6) is -0.662. The standard InChI is InChI=1S/C13H13F2NO2/c1-3-8-9(12(14)15)5-6-10(11(8)7-16)13(17)18-4-2/h5-6,12H,3-4H2,1-2H3. The number of nitrogens with zero attached hydrogens (tertiary/aromatic N) is 1. The molecule has 0 unspecified atom stereocenters. The molecule has 1 aromatic rings. The third-order valence-electron chi connectivity index (χ3n) is 2.54. The molecule has 0 aliphatic rings. The minimum absolute atomic E-state index is 0.0197. The molecular weight excluding hydrogens is 240 g/mol. The van der Waals surface area contributed by atoms with Gasteiger partial charge in [-0.15, -0.1) is 0 Å². The Morgan fingerprint density at radius 1 is 1.44 bits per heavy atom. The van der Waals surface area contributed by atoms with Crippen LogP contribution in [0.2, 0.25) is 0 Å². The molecule has 0 saturated heterocycles. The van der Waals surface area contributed by atoms with Crippen molar-refractivity contribution in [2.75, 3.05) is 6.61 Å². The molecule has 0 saturated carbocycles. The highest BCUT2D eigenvalue weighted by Crippen LogP contribution is 2.28. The summed E-state index contributed by atoms with van der Waals surface area (Å²) in [4.78, 5) is 11.6. The predicted molar refractivity (Wildman–Crippen MR) is 61.4 cm³/mol. The van der Waals surface area contributed by atoms with Gasteiger partial charge in [0, 0.05) is 5.56 Å². The first-order valence-corrected chi connectivity index (χ1v) is 5.57. The quantitative estimate of drug-likeness (QED) is 0.774. The van der Waals surface area contributed by atoms with Gasteiger partial charge in [0.15, 0.2) is 0 Å². The summed E-state index contributed by atoms with van der Waals surface area (Å²) in [5, 5.41) is 9.05. The van der Waals surface area contributed by atoms with E-state index in [1.165, 1.54) is 12.1 Å². The van der Waals surface area contributed by atoms with Crippen molar-refractivity contribution in [3.8, 4) is 6.07 Å². The lowest BCUT2D eigenvalue weighted by Crippen LogP contribution is -2.10. The Bertz CT molecular complexity index is 492. The lowest BCUT2D eigenvalue weighted by molar-refractivity contribution is 0.0525. The third kappa shape index (κ3) is 2.65. The fourth-order valence-electron chi connectivity index (χ4n) is 1.76. The minimum atomic E-state index is -2.66. The maximum Gasteiger partial charge on any atom is 0.339 e. The monoisotopic (exact) mass is 253 g/mol. The van der Waals surface area contributed by atoms with Gasteiger partial charge in [0.25, 0.3) is 6.43 Å². The molecule has 0 fully saturated rings. The van der Waals surface area contributed by atoms with Gasteiger partial charge < -0.3 is 4.74 Å². The summed E-state index contributed by atoms with van der Waals surface area (Å²) >= 11 is 0. The summed E-state index contributed by atoms with van der Waals surface area (Å²) < 4.78 is 30.4. The Morgan fingerprint density at radius 2 is 2.11 bits per heavy atom. The second-order valence-corrected chi connectivity index (χ2v) is 3.54. The zero-order valence-electron chi connectivity index (χ0n) is 10.2. The zero-order valence-corrected chi connectivity index (χ0v) is 10.2. The fraction of sp³-hybridized carbons (Fsp3) is 0.385. The number of hydrogen-bond donors (Lipinski definition) is 0. The number of nitriles is 1. The van der Waals surface area contributed by atoms with E-state index in [0.29, 0.717) is 0 Å². The first-order chi connectivity index (χ1) is 8.56. The average molecular weight is 253 g/mol. The van der Waals surface area contributed by atoms with Gasteiger partial charge in [0.05, 0.1) is 17.7 Å². The highest BCUT2D eigenvalue weighted by molar-refractivity contribution is 5.93. The van der Waals surface area contributed by atoms with Crippen molar-refractivity contribution in [3.05, 3.63) is 34.4 Å². The average Bonchev–Trinajstić information content (AvgIpc) is 2.36. The number of benzene rings is 1. The summed E-state index contributed by atoms with van der Waals surface area (Å²) in [7, 11) is 0. The van der Waals surface area contributed by atoms with Gasteiger partial charge in [-0.1, -0.05) is 13.0 Å². The fourth-order valence-corrected chi connectivity index (χ4v) is 1.76. The molecule has 0 spiro atoms. The third-order valence-corrected chi connectivity index (χ3v) is 2.54. The van der Waals surface area contributed by atoms with Crippen LogP contribution in [0.3, 0.4) is 0 Å². The van der Waals surface area contributed by atoms with Crippen LogP contribution in [0.25, 0.3) is 0 Å². The molecular formula is C13H13F2NO2. The minimum Gasteiger partial charge on any atom is -0.462 e. The van der Waals surface area contributed by atoms with Crippen LogP contribution in [0, 0.1) is 11.3 Å².